The molecule has 1 amide bonds. The quantitative estimate of drug-likeness (QED) is 0.391. The fraction of sp³-hybridized carbons (Fsp3) is 0.318. The van der Waals surface area contributed by atoms with Crippen LogP contribution in [0, 0.1) is 0 Å². The molecule has 31 heavy (non-hydrogen) atoms. The number of piperidine rings is 1. The zero-order valence-electron chi connectivity index (χ0n) is 17.0. The Balaban J connectivity index is 1.28. The van der Waals surface area contributed by atoms with Crippen molar-refractivity contribution >= 4 is 34.5 Å². The van der Waals surface area contributed by atoms with Gasteiger partial charge in [0.15, 0.2) is 0 Å². The van der Waals surface area contributed by atoms with Gasteiger partial charge in [0.2, 0.25) is 5.95 Å². The number of carboxylic acid groups (broad SMARTS) is 1. The van der Waals surface area contributed by atoms with E-state index in [0.29, 0.717) is 11.6 Å². The molecule has 2 heterocycles. The predicted molar refractivity (Wildman–Crippen MR) is 119 cm³/mol. The number of rotatable bonds is 7. The Labute approximate surface area is 179 Å². The van der Waals surface area contributed by atoms with Crippen LogP contribution < -0.4 is 21.3 Å². The molecule has 1 saturated heterocycles. The third kappa shape index (κ3) is 4.95. The fourth-order valence-corrected chi connectivity index (χ4v) is 3.71. The number of anilines is 2. The lowest BCUT2D eigenvalue weighted by Crippen LogP contribution is -2.42. The Morgan fingerprint density at radius 3 is 2.55 bits per heavy atom. The van der Waals surface area contributed by atoms with Crippen molar-refractivity contribution in [2.45, 2.75) is 24.9 Å². The van der Waals surface area contributed by atoms with E-state index in [1.54, 1.807) is 12.1 Å². The van der Waals surface area contributed by atoms with Gasteiger partial charge in [0, 0.05) is 36.9 Å². The van der Waals surface area contributed by atoms with E-state index in [1.807, 2.05) is 36.4 Å². The molecule has 2 aromatic carbocycles. The molecule has 1 atom stereocenters. The highest BCUT2D eigenvalue weighted by Crippen LogP contribution is 2.23. The highest BCUT2D eigenvalue weighted by Gasteiger charge is 2.21. The second-order valence-electron chi connectivity index (χ2n) is 7.71. The van der Waals surface area contributed by atoms with Crippen LogP contribution in [0.4, 0.5) is 11.6 Å². The Kier molecular flexibility index (Phi) is 6.03. The molecule has 0 bridgehead atoms. The van der Waals surface area contributed by atoms with Crippen molar-refractivity contribution in [1.29, 1.82) is 0 Å². The lowest BCUT2D eigenvalue weighted by molar-refractivity contribution is -0.138. The lowest BCUT2D eigenvalue weighted by atomic mass is 10.0. The van der Waals surface area contributed by atoms with Gasteiger partial charge in [-0.2, -0.15) is 0 Å². The first-order valence-electron chi connectivity index (χ1n) is 10.3. The van der Waals surface area contributed by atoms with Gasteiger partial charge in [-0.05, 0) is 49.2 Å². The molecule has 4 rings (SSSR count). The SMILES string of the molecule is N[C@@H](CNC(=O)c1ccc(N2CCC(Nc3nc4ccccc4[nH]3)CC2)cc1)C(=O)O. The number of nitrogens with zero attached hydrogens (tertiary/aromatic N) is 2. The fourth-order valence-electron chi connectivity index (χ4n) is 3.71. The van der Waals surface area contributed by atoms with Gasteiger partial charge in [-0.1, -0.05) is 12.1 Å². The highest BCUT2D eigenvalue weighted by atomic mass is 16.4. The molecule has 1 aromatic heterocycles. The number of nitrogens with one attached hydrogen (secondary N) is 3. The summed E-state index contributed by atoms with van der Waals surface area (Å²) in [4.78, 5) is 33.1. The minimum Gasteiger partial charge on any atom is -0.480 e. The summed E-state index contributed by atoms with van der Waals surface area (Å²) < 4.78 is 0. The molecule has 0 radical (unpaired) electrons. The van der Waals surface area contributed by atoms with Gasteiger partial charge in [-0.15, -0.1) is 0 Å². The standard InChI is InChI=1S/C22H26N6O3/c23-17(21(30)31)13-24-20(29)14-5-7-16(8-6-14)28-11-9-15(10-12-28)25-22-26-18-3-1-2-4-19(18)27-22/h1-8,15,17H,9-13,23H2,(H,24,29)(H,30,31)(H2,25,26,27)/t17-/m0/s1. The van der Waals surface area contributed by atoms with Crippen molar-refractivity contribution in [3.8, 4) is 0 Å². The Morgan fingerprint density at radius 1 is 1.16 bits per heavy atom. The van der Waals surface area contributed by atoms with Crippen LogP contribution in [-0.4, -0.2) is 58.7 Å². The van der Waals surface area contributed by atoms with Crippen LogP contribution in [0.5, 0.6) is 0 Å². The van der Waals surface area contributed by atoms with Gasteiger partial charge >= 0.3 is 5.97 Å². The normalized spacial score (nSPS) is 15.6. The van der Waals surface area contributed by atoms with Gasteiger partial charge < -0.3 is 31.4 Å². The molecule has 0 spiro atoms. The number of benzene rings is 2. The summed E-state index contributed by atoms with van der Waals surface area (Å²) in [5.74, 6) is -0.677. The monoisotopic (exact) mass is 422 g/mol. The molecular formula is C22H26N6O3. The molecule has 162 valence electrons. The number of para-hydroxylation sites is 2. The molecule has 9 heteroatoms. The maximum atomic E-state index is 12.2. The van der Waals surface area contributed by atoms with E-state index in [-0.39, 0.29) is 12.5 Å². The van der Waals surface area contributed by atoms with Crippen molar-refractivity contribution in [2.75, 3.05) is 29.9 Å². The van der Waals surface area contributed by atoms with Gasteiger partial charge in [0.1, 0.15) is 6.04 Å². The van der Waals surface area contributed by atoms with E-state index in [4.69, 9.17) is 10.8 Å². The van der Waals surface area contributed by atoms with Crippen LogP contribution in [0.1, 0.15) is 23.2 Å². The number of carboxylic acids is 1. The molecule has 1 fully saturated rings. The molecule has 1 aliphatic heterocycles. The summed E-state index contributed by atoms with van der Waals surface area (Å²) in [6.07, 6.45) is 1.96. The molecule has 9 nitrogen and oxygen atoms in total. The number of fused-ring (bicyclic) bond motifs is 1. The third-order valence-electron chi connectivity index (χ3n) is 5.52. The topological polar surface area (TPSA) is 136 Å². The minimum absolute atomic E-state index is 0.109. The van der Waals surface area contributed by atoms with Crippen molar-refractivity contribution in [3.63, 3.8) is 0 Å². The van der Waals surface area contributed by atoms with E-state index < -0.39 is 12.0 Å². The first-order chi connectivity index (χ1) is 15.0. The Bertz CT molecular complexity index is 1020. The summed E-state index contributed by atoms with van der Waals surface area (Å²) in [5.41, 5.74) is 8.92. The minimum atomic E-state index is -1.14. The lowest BCUT2D eigenvalue weighted by Gasteiger charge is -2.34. The van der Waals surface area contributed by atoms with Gasteiger partial charge in [-0.25, -0.2) is 4.98 Å². The number of H-pyrrole nitrogens is 1. The number of carbonyl (C=O) groups excluding carboxylic acids is 1. The number of amides is 1. The summed E-state index contributed by atoms with van der Waals surface area (Å²) in [5, 5.41) is 14.8. The average molecular weight is 422 g/mol. The number of hydrogen-bond acceptors (Lipinski definition) is 6. The van der Waals surface area contributed by atoms with Crippen LogP contribution in [-0.2, 0) is 4.79 Å². The van der Waals surface area contributed by atoms with Crippen LogP contribution in [0.25, 0.3) is 11.0 Å². The van der Waals surface area contributed by atoms with Crippen LogP contribution in [0.3, 0.4) is 0 Å². The van der Waals surface area contributed by atoms with Crippen molar-refractivity contribution < 1.29 is 14.7 Å². The maximum absolute atomic E-state index is 12.2. The van der Waals surface area contributed by atoms with Crippen LogP contribution in [0.2, 0.25) is 0 Å². The van der Waals surface area contributed by atoms with Gasteiger partial charge in [-0.3, -0.25) is 9.59 Å². The van der Waals surface area contributed by atoms with E-state index in [9.17, 15) is 9.59 Å². The summed E-state index contributed by atoms with van der Waals surface area (Å²) in [6, 6.07) is 14.5. The van der Waals surface area contributed by atoms with Crippen molar-refractivity contribution in [2.24, 2.45) is 5.73 Å². The zero-order chi connectivity index (χ0) is 21.8. The number of nitrogens with two attached hydrogens (primary N) is 1. The molecule has 3 aromatic rings. The maximum Gasteiger partial charge on any atom is 0.322 e. The number of carbonyl (C=O) groups is 2. The second kappa shape index (κ2) is 9.05. The summed E-state index contributed by atoms with van der Waals surface area (Å²) in [6.45, 7) is 1.69. The second-order valence-corrected chi connectivity index (χ2v) is 7.71. The van der Waals surface area contributed by atoms with Gasteiger partial charge in [0.05, 0.1) is 11.0 Å². The van der Waals surface area contributed by atoms with Crippen molar-refractivity contribution in [3.05, 3.63) is 54.1 Å². The third-order valence-corrected chi connectivity index (χ3v) is 5.52. The van der Waals surface area contributed by atoms with E-state index in [1.165, 1.54) is 0 Å². The first kappa shape index (κ1) is 20.7. The van der Waals surface area contributed by atoms with E-state index in [0.717, 1.165) is 48.6 Å². The van der Waals surface area contributed by atoms with Crippen molar-refractivity contribution in [1.82, 2.24) is 15.3 Å². The predicted octanol–water partition coefficient (Wildman–Crippen LogP) is 1.79. The average Bonchev–Trinajstić information content (AvgIpc) is 3.20. The van der Waals surface area contributed by atoms with Crippen LogP contribution in [0.15, 0.2) is 48.5 Å². The number of hydrogen-bond donors (Lipinski definition) is 5. The molecule has 0 saturated carbocycles. The number of aliphatic carboxylic acids is 1. The Morgan fingerprint density at radius 2 is 1.87 bits per heavy atom. The van der Waals surface area contributed by atoms with Crippen LogP contribution >= 0.6 is 0 Å². The van der Waals surface area contributed by atoms with E-state index in [2.05, 4.69) is 25.5 Å². The van der Waals surface area contributed by atoms with E-state index >= 15 is 0 Å². The molecule has 0 unspecified atom stereocenters. The zero-order valence-corrected chi connectivity index (χ0v) is 17.0. The number of imidazole rings is 1. The molecular weight excluding hydrogens is 396 g/mol. The molecule has 6 N–H and O–H groups in total. The Hall–Kier alpha value is -3.59. The largest absolute Gasteiger partial charge is 0.480 e. The number of aromatic amines is 1. The summed E-state index contributed by atoms with van der Waals surface area (Å²) >= 11 is 0. The summed E-state index contributed by atoms with van der Waals surface area (Å²) in [7, 11) is 0. The molecule has 1 aliphatic rings. The number of aromatic nitrogens is 2. The highest BCUT2D eigenvalue weighted by molar-refractivity contribution is 5.94. The first-order valence-corrected chi connectivity index (χ1v) is 10.3. The molecule has 0 aliphatic carbocycles. The smallest absolute Gasteiger partial charge is 0.322 e. The van der Waals surface area contributed by atoms with Gasteiger partial charge in [0.25, 0.3) is 5.91 Å².